The number of nitrogens with zero attached hydrogens (tertiary/aromatic N) is 5. The van der Waals surface area contributed by atoms with Crippen LogP contribution in [-0.4, -0.2) is 108 Å². The van der Waals surface area contributed by atoms with Crippen molar-refractivity contribution in [2.24, 2.45) is 38.8 Å². The minimum absolute atomic E-state index is 0.0280. The largest absolute Gasteiger partial charge is 0.465 e. The average Bonchev–Trinajstić information content (AvgIpc) is 3.20. The second-order valence-electron chi connectivity index (χ2n) is 14.9. The van der Waals surface area contributed by atoms with Gasteiger partial charge in [0.1, 0.15) is 16.8 Å². The van der Waals surface area contributed by atoms with E-state index in [0.717, 1.165) is 25.0 Å². The van der Waals surface area contributed by atoms with E-state index < -0.39 is 24.1 Å². The van der Waals surface area contributed by atoms with Crippen LogP contribution < -0.4 is 5.73 Å². The molecule has 0 bridgehead atoms. The number of carbonyl (C=O) groups excluding carboxylic acids is 3. The quantitative estimate of drug-likeness (QED) is 0.0299. The van der Waals surface area contributed by atoms with Crippen molar-refractivity contribution in [1.29, 1.82) is 0 Å². The number of hydrogen-bond acceptors (Lipinski definition) is 14. The van der Waals surface area contributed by atoms with Gasteiger partial charge in [-0.2, -0.15) is 0 Å². The first-order valence-electron chi connectivity index (χ1n) is 21.6. The summed E-state index contributed by atoms with van der Waals surface area (Å²) in [6.45, 7) is 27.3. The number of amides is 1. The normalized spacial score (nSPS) is 18.4. The molecule has 5 unspecified atom stereocenters. The van der Waals surface area contributed by atoms with Crippen LogP contribution in [0.5, 0.6) is 0 Å². The monoisotopic (exact) mass is 865 g/mol. The fourth-order valence-electron chi connectivity index (χ4n) is 5.60. The maximum atomic E-state index is 12.9. The minimum atomic E-state index is -0.925. The van der Waals surface area contributed by atoms with Crippen molar-refractivity contribution in [3.63, 3.8) is 0 Å². The molecule has 0 aromatic carbocycles. The number of pyridine rings is 1. The van der Waals surface area contributed by atoms with Crippen molar-refractivity contribution in [2.45, 2.75) is 146 Å². The van der Waals surface area contributed by atoms with E-state index in [4.69, 9.17) is 24.8 Å². The highest BCUT2D eigenvalue weighted by Gasteiger charge is 2.28. The Morgan fingerprint density at radius 1 is 1.08 bits per heavy atom. The van der Waals surface area contributed by atoms with Crippen molar-refractivity contribution in [3.05, 3.63) is 35.9 Å². The Bertz CT molecular complexity index is 1440. The van der Waals surface area contributed by atoms with Crippen LogP contribution in [0.4, 0.5) is 5.82 Å². The molecule has 2 rings (SSSR count). The molecule has 60 heavy (non-hydrogen) atoms. The van der Waals surface area contributed by atoms with Gasteiger partial charge in [-0.1, -0.05) is 112 Å². The number of ether oxygens (including phenoxy) is 3. The van der Waals surface area contributed by atoms with Gasteiger partial charge in [0.05, 0.1) is 37.3 Å². The molecule has 1 saturated heterocycles. The molecule has 2 heterocycles. The number of nitrogen functional groups attached to an aromatic ring is 1. The summed E-state index contributed by atoms with van der Waals surface area (Å²) in [5.41, 5.74) is 7.85. The number of aliphatic hydroxyl groups is 1. The average molecular weight is 865 g/mol. The number of aromatic nitrogens is 1. The first kappa shape index (κ1) is 58.6. The molecule has 344 valence electrons. The molecule has 1 aromatic heterocycles. The van der Waals surface area contributed by atoms with Crippen LogP contribution in [0.2, 0.25) is 0 Å². The van der Waals surface area contributed by atoms with E-state index >= 15 is 0 Å². The molecule has 15 heteroatoms. The number of carbonyl (C=O) groups is 3. The highest BCUT2D eigenvalue weighted by molar-refractivity contribution is 8.16. The van der Waals surface area contributed by atoms with E-state index in [-0.39, 0.29) is 56.2 Å². The van der Waals surface area contributed by atoms with E-state index in [1.807, 2.05) is 62.6 Å². The van der Waals surface area contributed by atoms with Crippen LogP contribution in [-0.2, 0) is 33.4 Å². The summed E-state index contributed by atoms with van der Waals surface area (Å²) in [6, 6.07) is 5.75. The van der Waals surface area contributed by atoms with E-state index in [1.165, 1.54) is 18.2 Å². The molecule has 6 atom stereocenters. The second kappa shape index (κ2) is 35.1. The van der Waals surface area contributed by atoms with Crippen molar-refractivity contribution in [3.8, 4) is 0 Å². The Kier molecular flexibility index (Phi) is 34.3. The number of Topliss-reactive ketones (excluding diaryl/α,β-unsaturated/α-hetero) is 1. The predicted octanol–water partition coefficient (Wildman–Crippen LogP) is 8.75. The molecule has 0 aliphatic carbocycles. The first-order valence-corrected chi connectivity index (χ1v) is 22.5. The molecule has 1 aliphatic heterocycles. The van der Waals surface area contributed by atoms with Crippen LogP contribution in [0.15, 0.2) is 45.3 Å². The topological polar surface area (TPSA) is 188 Å². The molecule has 0 saturated carbocycles. The molecule has 3 N–H and O–H groups in total. The van der Waals surface area contributed by atoms with Crippen molar-refractivity contribution in [1.82, 2.24) is 9.88 Å². The molecular weight excluding hydrogens is 785 g/mol. The SMILES string of the molecule is C=CS/C(=N\CO/N=C(\CCC)COC[C@@H](C)C(=O)C(C)C(=O)OCCC(C)C(=NC(=O)CC)C(C)C)c1cccc(N)n1.CC.CC1CC(N(C)C)CC(O)O1.CCC. The van der Waals surface area contributed by atoms with E-state index in [1.54, 1.807) is 44.4 Å². The van der Waals surface area contributed by atoms with Gasteiger partial charge in [-0.15, -0.1) is 0 Å². The lowest BCUT2D eigenvalue weighted by atomic mass is 9.93. The number of aliphatic imine (C=N–C) groups is 2. The number of rotatable bonds is 21. The third kappa shape index (κ3) is 26.0. The van der Waals surface area contributed by atoms with Crippen LogP contribution in [0, 0.1) is 23.7 Å². The van der Waals surface area contributed by atoms with Gasteiger partial charge in [0, 0.05) is 30.5 Å². The number of ketones is 1. The number of anilines is 1. The zero-order valence-electron chi connectivity index (χ0n) is 39.4. The van der Waals surface area contributed by atoms with Gasteiger partial charge in [-0.3, -0.25) is 14.4 Å². The summed E-state index contributed by atoms with van der Waals surface area (Å²) in [4.78, 5) is 57.7. The zero-order chi connectivity index (χ0) is 46.2. The minimum Gasteiger partial charge on any atom is -0.465 e. The number of thioether (sulfide) groups is 1. The van der Waals surface area contributed by atoms with Gasteiger partial charge in [-0.25, -0.2) is 15.0 Å². The van der Waals surface area contributed by atoms with Gasteiger partial charge in [-0.05, 0) is 76.6 Å². The lowest BCUT2D eigenvalue weighted by Crippen LogP contribution is -2.41. The third-order valence-corrected chi connectivity index (χ3v) is 9.46. The molecular formula is C45H80N6O8S. The van der Waals surface area contributed by atoms with Crippen LogP contribution in [0.3, 0.4) is 0 Å². The van der Waals surface area contributed by atoms with E-state index in [2.05, 4.69) is 45.5 Å². The van der Waals surface area contributed by atoms with Crippen molar-refractivity contribution >= 4 is 51.7 Å². The second-order valence-corrected chi connectivity index (χ2v) is 15.9. The molecule has 14 nitrogen and oxygen atoms in total. The summed E-state index contributed by atoms with van der Waals surface area (Å²) in [5, 5.41) is 15.7. The summed E-state index contributed by atoms with van der Waals surface area (Å²) in [6.07, 6.45) is 4.95. The maximum Gasteiger partial charge on any atom is 0.316 e. The summed E-state index contributed by atoms with van der Waals surface area (Å²) >= 11 is 1.30. The zero-order valence-corrected chi connectivity index (χ0v) is 40.2. The number of hydrogen-bond donors (Lipinski definition) is 2. The van der Waals surface area contributed by atoms with Crippen molar-refractivity contribution < 1.29 is 38.5 Å². The molecule has 1 aromatic rings. The Morgan fingerprint density at radius 2 is 1.73 bits per heavy atom. The lowest BCUT2D eigenvalue weighted by Gasteiger charge is -2.34. The van der Waals surface area contributed by atoms with Gasteiger partial charge >= 0.3 is 5.97 Å². The summed E-state index contributed by atoms with van der Waals surface area (Å²) < 4.78 is 16.4. The van der Waals surface area contributed by atoms with Crippen molar-refractivity contribution in [2.75, 3.05) is 46.4 Å². The standard InChI is InChI=1S/C32H49N5O6S.C8H17NO2.C3H8.C2H6/c1-9-13-25(37-43-20-34-31(44-11-3)26-14-12-15-27(33)35-26)19-41-18-23(7)30(39)24(8)32(40)42-17-16-22(6)29(21(4)5)36-28(38)10-2;1-6-4-7(9(2)3)5-8(10)11-6;1-3-2;1-2/h11-12,14-15,21-24H,3,9-10,13,16-20H2,1-2,4-8H3,(H2,33,35);6-8,10H,4-5H2,1-3H3;3H2,1-2H3;1-2H3/b34-31-,36-29?,37-25+;;;/t22?,23-,24?;;;/m1.../s1. The Hall–Kier alpha value is -3.50. The molecule has 0 radical (unpaired) electrons. The highest BCUT2D eigenvalue weighted by Crippen LogP contribution is 2.21. The number of aliphatic hydroxyl groups excluding tert-OH is 1. The fraction of sp³-hybridized carbons (Fsp3) is 0.711. The maximum absolute atomic E-state index is 12.9. The smallest absolute Gasteiger partial charge is 0.316 e. The molecule has 1 aliphatic rings. The number of nitrogens with two attached hydrogens (primary N) is 1. The number of esters is 1. The Morgan fingerprint density at radius 3 is 2.27 bits per heavy atom. The Balaban J connectivity index is 0. The van der Waals surface area contributed by atoms with E-state index in [9.17, 15) is 19.5 Å². The van der Waals surface area contributed by atoms with Gasteiger partial charge < -0.3 is 34.8 Å². The van der Waals surface area contributed by atoms with Gasteiger partial charge in [0.15, 0.2) is 12.1 Å². The van der Waals surface area contributed by atoms with Gasteiger partial charge in [0.2, 0.25) is 12.6 Å². The lowest BCUT2D eigenvalue weighted by molar-refractivity contribution is -0.172. The Labute approximate surface area is 366 Å². The van der Waals surface area contributed by atoms with Crippen LogP contribution in [0.1, 0.15) is 134 Å². The van der Waals surface area contributed by atoms with E-state index in [0.29, 0.717) is 47.6 Å². The highest BCUT2D eigenvalue weighted by atomic mass is 32.2. The first-order chi connectivity index (χ1) is 28.4. The predicted molar refractivity (Wildman–Crippen MR) is 248 cm³/mol. The van der Waals surface area contributed by atoms with Gasteiger partial charge in [0.25, 0.3) is 0 Å². The number of oxime groups is 1. The fourth-order valence-corrected chi connectivity index (χ4v) is 6.12. The molecule has 1 fully saturated rings. The molecule has 1 amide bonds. The third-order valence-electron chi connectivity index (χ3n) is 8.73. The van der Waals surface area contributed by atoms with Crippen LogP contribution in [0.25, 0.3) is 0 Å². The summed E-state index contributed by atoms with van der Waals surface area (Å²) in [7, 11) is 4.07. The van der Waals surface area contributed by atoms with Crippen LogP contribution >= 0.6 is 11.8 Å². The molecule has 0 spiro atoms. The summed E-state index contributed by atoms with van der Waals surface area (Å²) in [5.74, 6) is -1.98.